The molecule has 3 aromatic heterocycles. The largest absolute Gasteiger partial charge is 0.292 e. The van der Waals surface area contributed by atoms with Gasteiger partial charge in [0.2, 0.25) is 0 Å². The summed E-state index contributed by atoms with van der Waals surface area (Å²) < 4.78 is 7.01. The minimum Gasteiger partial charge on any atom is -0.292 e. The van der Waals surface area contributed by atoms with Crippen LogP contribution in [0, 0.1) is 0 Å². The number of imidazole rings is 1. The van der Waals surface area contributed by atoms with Gasteiger partial charge >= 0.3 is 0 Å². The van der Waals surface area contributed by atoms with E-state index in [0.717, 1.165) is 28.1 Å². The van der Waals surface area contributed by atoms with Crippen LogP contribution in [-0.4, -0.2) is 18.9 Å². The van der Waals surface area contributed by atoms with Crippen molar-refractivity contribution in [2.75, 3.05) is 0 Å². The first-order chi connectivity index (χ1) is 23.3. The van der Waals surface area contributed by atoms with Gasteiger partial charge < -0.3 is 0 Å². The molecule has 0 amide bonds. The third kappa shape index (κ3) is 3.85. The average Bonchev–Trinajstić information content (AvgIpc) is 3.80. The lowest BCUT2D eigenvalue weighted by atomic mass is 10.0. The molecule has 0 aliphatic heterocycles. The Hall–Kier alpha value is -6.39. The van der Waals surface area contributed by atoms with Gasteiger partial charge in [-0.1, -0.05) is 115 Å². The molecule has 4 heteroatoms. The zero-order valence-electron chi connectivity index (χ0n) is 25.5. The summed E-state index contributed by atoms with van der Waals surface area (Å²) in [5, 5.41) is 4.98. The highest BCUT2D eigenvalue weighted by molar-refractivity contribution is 6.12. The van der Waals surface area contributed by atoms with Crippen LogP contribution in [0.3, 0.4) is 0 Å². The Morgan fingerprint density at radius 3 is 1.45 bits per heavy atom. The first kappa shape index (κ1) is 25.9. The Labute approximate surface area is 271 Å². The molecule has 0 aliphatic carbocycles. The SMILES string of the molecule is c1ccc(-n2c(-c3ccc(-c4ccc5c(c4)c4ccccc4n5-n4c5ccccc5c5ccccc54)cc3)nc3ccccc32)cc1. The highest BCUT2D eigenvalue weighted by Gasteiger charge is 2.18. The van der Waals surface area contributed by atoms with E-state index >= 15 is 0 Å². The molecule has 47 heavy (non-hydrogen) atoms. The summed E-state index contributed by atoms with van der Waals surface area (Å²) in [5.74, 6) is 0.939. The Kier molecular flexibility index (Phi) is 5.54. The van der Waals surface area contributed by atoms with Crippen LogP contribution in [0.1, 0.15) is 0 Å². The molecule has 0 bridgehead atoms. The number of benzene rings is 7. The van der Waals surface area contributed by atoms with Gasteiger partial charge in [-0.25, -0.2) is 14.3 Å². The zero-order chi connectivity index (χ0) is 30.9. The van der Waals surface area contributed by atoms with Crippen molar-refractivity contribution in [3.63, 3.8) is 0 Å². The lowest BCUT2D eigenvalue weighted by Crippen LogP contribution is -2.08. The molecule has 0 unspecified atom stereocenters. The Morgan fingerprint density at radius 1 is 0.340 bits per heavy atom. The summed E-state index contributed by atoms with van der Waals surface area (Å²) in [7, 11) is 0. The molecule has 220 valence electrons. The van der Waals surface area contributed by atoms with Crippen LogP contribution in [0.5, 0.6) is 0 Å². The van der Waals surface area contributed by atoms with E-state index < -0.39 is 0 Å². The first-order valence-corrected chi connectivity index (χ1v) is 16.0. The molecule has 4 nitrogen and oxygen atoms in total. The molecule has 10 aromatic rings. The van der Waals surface area contributed by atoms with Gasteiger partial charge in [0.1, 0.15) is 5.82 Å². The minimum atomic E-state index is 0.939. The summed E-state index contributed by atoms with van der Waals surface area (Å²) in [5.41, 5.74) is 11.4. The van der Waals surface area contributed by atoms with Crippen LogP contribution in [0.4, 0.5) is 0 Å². The van der Waals surface area contributed by atoms with Crippen LogP contribution in [-0.2, 0) is 0 Å². The average molecular weight is 601 g/mol. The number of hydrogen-bond acceptors (Lipinski definition) is 1. The summed E-state index contributed by atoms with van der Waals surface area (Å²) in [6.45, 7) is 0. The number of rotatable bonds is 4. The van der Waals surface area contributed by atoms with Crippen LogP contribution in [0.25, 0.3) is 82.8 Å². The minimum absolute atomic E-state index is 0.939. The van der Waals surface area contributed by atoms with Crippen LogP contribution in [0.2, 0.25) is 0 Å². The zero-order valence-corrected chi connectivity index (χ0v) is 25.5. The highest BCUT2D eigenvalue weighted by atomic mass is 15.5. The number of fused-ring (bicyclic) bond motifs is 7. The van der Waals surface area contributed by atoms with Crippen molar-refractivity contribution >= 4 is 54.6 Å². The fourth-order valence-electron chi connectivity index (χ4n) is 7.33. The second-order valence-electron chi connectivity index (χ2n) is 12.1. The lowest BCUT2D eigenvalue weighted by Gasteiger charge is -2.13. The maximum absolute atomic E-state index is 5.06. The number of hydrogen-bond donors (Lipinski definition) is 0. The molecule has 0 fully saturated rings. The lowest BCUT2D eigenvalue weighted by molar-refractivity contribution is 0.775. The Balaban J connectivity index is 1.13. The van der Waals surface area contributed by atoms with Crippen LogP contribution < -0.4 is 0 Å². The van der Waals surface area contributed by atoms with Crippen molar-refractivity contribution in [2.24, 2.45) is 0 Å². The molecule has 0 spiro atoms. The predicted octanol–water partition coefficient (Wildman–Crippen LogP) is 10.9. The molecule has 0 saturated carbocycles. The third-order valence-electron chi connectivity index (χ3n) is 9.45. The molecule has 0 N–H and O–H groups in total. The molecular formula is C43H28N4. The third-order valence-corrected chi connectivity index (χ3v) is 9.45. The molecule has 7 aromatic carbocycles. The Bertz CT molecular complexity index is 2730. The van der Waals surface area contributed by atoms with E-state index in [4.69, 9.17) is 4.98 Å². The van der Waals surface area contributed by atoms with Gasteiger partial charge in [-0.05, 0) is 65.7 Å². The van der Waals surface area contributed by atoms with E-state index in [-0.39, 0.29) is 0 Å². The van der Waals surface area contributed by atoms with E-state index in [1.165, 1.54) is 54.7 Å². The van der Waals surface area contributed by atoms with Crippen molar-refractivity contribution in [1.29, 1.82) is 0 Å². The monoisotopic (exact) mass is 600 g/mol. The topological polar surface area (TPSA) is 27.7 Å². The van der Waals surface area contributed by atoms with Crippen LogP contribution in [0.15, 0.2) is 170 Å². The molecule has 10 rings (SSSR count). The van der Waals surface area contributed by atoms with E-state index in [1.54, 1.807) is 0 Å². The first-order valence-electron chi connectivity index (χ1n) is 16.0. The number of para-hydroxylation sites is 6. The fraction of sp³-hybridized carbons (Fsp3) is 0. The second-order valence-corrected chi connectivity index (χ2v) is 12.1. The molecular weight excluding hydrogens is 573 g/mol. The number of nitrogens with zero attached hydrogens (tertiary/aromatic N) is 4. The summed E-state index contributed by atoms with van der Waals surface area (Å²) in [4.78, 5) is 5.06. The molecule has 0 aliphatic rings. The highest BCUT2D eigenvalue weighted by Crippen LogP contribution is 2.37. The van der Waals surface area contributed by atoms with Gasteiger partial charge in [0.25, 0.3) is 0 Å². The molecule has 0 atom stereocenters. The maximum atomic E-state index is 5.06. The fourth-order valence-corrected chi connectivity index (χ4v) is 7.33. The second kappa shape index (κ2) is 10.1. The van der Waals surface area contributed by atoms with Gasteiger partial charge in [0.05, 0.1) is 33.1 Å². The summed E-state index contributed by atoms with van der Waals surface area (Å²) >= 11 is 0. The predicted molar refractivity (Wildman–Crippen MR) is 195 cm³/mol. The van der Waals surface area contributed by atoms with Crippen molar-refractivity contribution in [2.45, 2.75) is 0 Å². The van der Waals surface area contributed by atoms with E-state index in [0.29, 0.717) is 0 Å². The molecule has 3 heterocycles. The standard InChI is InChI=1S/C43H28N4/c1-2-12-32(13-3-1)45-42-21-11-7-17-37(42)44-43(45)30-24-22-29(23-25-30)31-26-27-41-36(28-31)35-16-6-10-20-40(35)47(41)46-38-18-8-4-14-33(38)34-15-5-9-19-39(34)46/h1-28H. The van der Waals surface area contributed by atoms with Gasteiger partial charge in [-0.3, -0.25) is 4.57 Å². The van der Waals surface area contributed by atoms with E-state index in [9.17, 15) is 0 Å². The smallest absolute Gasteiger partial charge is 0.145 e. The van der Waals surface area contributed by atoms with Crippen molar-refractivity contribution in [3.8, 4) is 28.2 Å². The maximum Gasteiger partial charge on any atom is 0.145 e. The van der Waals surface area contributed by atoms with E-state index in [2.05, 4.69) is 172 Å². The summed E-state index contributed by atoms with van der Waals surface area (Å²) in [6.07, 6.45) is 0. The van der Waals surface area contributed by atoms with Crippen molar-refractivity contribution in [3.05, 3.63) is 170 Å². The van der Waals surface area contributed by atoms with Crippen molar-refractivity contribution < 1.29 is 0 Å². The molecule has 0 saturated heterocycles. The van der Waals surface area contributed by atoms with E-state index in [1.807, 2.05) is 12.1 Å². The van der Waals surface area contributed by atoms with Crippen molar-refractivity contribution in [1.82, 2.24) is 18.9 Å². The molecule has 0 radical (unpaired) electrons. The normalized spacial score (nSPS) is 11.8. The van der Waals surface area contributed by atoms with Gasteiger partial charge in [-0.2, -0.15) is 0 Å². The Morgan fingerprint density at radius 2 is 0.809 bits per heavy atom. The quantitative estimate of drug-likeness (QED) is 0.197. The number of aromatic nitrogens is 4. The van der Waals surface area contributed by atoms with Crippen LogP contribution >= 0.6 is 0 Å². The summed E-state index contributed by atoms with van der Waals surface area (Å²) in [6, 6.07) is 60.6. The van der Waals surface area contributed by atoms with Gasteiger partial charge in [0, 0.05) is 32.8 Å². The van der Waals surface area contributed by atoms with Gasteiger partial charge in [0.15, 0.2) is 0 Å². The van der Waals surface area contributed by atoms with Gasteiger partial charge in [-0.15, -0.1) is 0 Å².